The van der Waals surface area contributed by atoms with Crippen LogP contribution < -0.4 is 5.73 Å². The van der Waals surface area contributed by atoms with Crippen molar-refractivity contribution in [1.82, 2.24) is 0 Å². The lowest BCUT2D eigenvalue weighted by molar-refractivity contribution is -0.144. The minimum atomic E-state index is -0.492. The Morgan fingerprint density at radius 3 is 2.71 bits per heavy atom. The molecule has 0 bridgehead atoms. The summed E-state index contributed by atoms with van der Waals surface area (Å²) in [6, 6.07) is 11.6. The molecular weight excluding hydrogens is 293 g/mol. The zero-order valence-corrected chi connectivity index (χ0v) is 12.1. The zero-order valence-electron chi connectivity index (χ0n) is 11.3. The Balaban J connectivity index is 1.80. The number of esters is 1. The zero-order chi connectivity index (χ0) is 15.2. The van der Waals surface area contributed by atoms with E-state index in [1.807, 2.05) is 18.2 Å². The summed E-state index contributed by atoms with van der Waals surface area (Å²) in [5, 5.41) is 0.0170. The first-order valence-electron chi connectivity index (χ1n) is 6.48. The van der Waals surface area contributed by atoms with E-state index in [9.17, 15) is 9.18 Å². The third-order valence-electron chi connectivity index (χ3n) is 2.95. The number of ether oxygens (including phenoxy) is 1. The minimum Gasteiger partial charge on any atom is -0.461 e. The van der Waals surface area contributed by atoms with Gasteiger partial charge in [0.1, 0.15) is 12.4 Å². The van der Waals surface area contributed by atoms with Crippen molar-refractivity contribution in [1.29, 1.82) is 0 Å². The van der Waals surface area contributed by atoms with E-state index in [0.717, 1.165) is 5.56 Å². The second kappa shape index (κ2) is 7.09. The van der Waals surface area contributed by atoms with Gasteiger partial charge < -0.3 is 10.5 Å². The first-order chi connectivity index (χ1) is 10.0. The van der Waals surface area contributed by atoms with Gasteiger partial charge in [0.25, 0.3) is 0 Å². The molecule has 0 atom stereocenters. The van der Waals surface area contributed by atoms with Crippen LogP contribution >= 0.6 is 11.6 Å². The lowest BCUT2D eigenvalue weighted by Crippen LogP contribution is -2.06. The number of hydrogen-bond acceptors (Lipinski definition) is 3. The highest BCUT2D eigenvalue weighted by Crippen LogP contribution is 2.17. The smallest absolute Gasteiger partial charge is 0.306 e. The number of hydrogen-bond donors (Lipinski definition) is 1. The summed E-state index contributed by atoms with van der Waals surface area (Å²) >= 11 is 5.66. The molecule has 110 valence electrons. The molecule has 2 aromatic carbocycles. The predicted octanol–water partition coefficient (Wildman–Crippen LogP) is 3.74. The van der Waals surface area contributed by atoms with Crippen LogP contribution in [0.3, 0.4) is 0 Å². The summed E-state index contributed by atoms with van der Waals surface area (Å²) < 4.78 is 18.1. The molecule has 0 unspecified atom stereocenters. The molecule has 0 saturated heterocycles. The molecule has 0 aliphatic heterocycles. The fraction of sp³-hybridized carbons (Fsp3) is 0.188. The summed E-state index contributed by atoms with van der Waals surface area (Å²) in [6.45, 7) is 0.0791. The van der Waals surface area contributed by atoms with Crippen molar-refractivity contribution in [3.63, 3.8) is 0 Å². The Morgan fingerprint density at radius 1 is 1.19 bits per heavy atom. The van der Waals surface area contributed by atoms with Crippen molar-refractivity contribution in [2.45, 2.75) is 19.4 Å². The number of halogens is 2. The topological polar surface area (TPSA) is 52.3 Å². The lowest BCUT2D eigenvalue weighted by atomic mass is 10.1. The van der Waals surface area contributed by atoms with Crippen LogP contribution in [0.5, 0.6) is 0 Å². The van der Waals surface area contributed by atoms with Gasteiger partial charge in [0.05, 0.1) is 5.02 Å². The molecular formula is C16H15ClFNO2. The second-order valence-electron chi connectivity index (χ2n) is 4.65. The SMILES string of the molecule is Nc1cccc(CCC(=O)OCc2ccc(F)c(Cl)c2)c1. The monoisotopic (exact) mass is 307 g/mol. The number of rotatable bonds is 5. The summed E-state index contributed by atoms with van der Waals surface area (Å²) in [5.41, 5.74) is 7.97. The fourth-order valence-corrected chi connectivity index (χ4v) is 2.06. The molecule has 0 radical (unpaired) electrons. The standard InChI is InChI=1S/C16H15ClFNO2/c17-14-9-12(4-6-15(14)18)10-21-16(20)7-5-11-2-1-3-13(19)8-11/h1-4,6,8-9H,5,7,10,19H2. The van der Waals surface area contributed by atoms with Crippen LogP contribution in [0.1, 0.15) is 17.5 Å². The number of carbonyl (C=O) groups excluding carboxylic acids is 1. The van der Waals surface area contributed by atoms with Gasteiger partial charge in [-0.25, -0.2) is 4.39 Å². The third-order valence-corrected chi connectivity index (χ3v) is 3.24. The molecule has 0 fully saturated rings. The fourth-order valence-electron chi connectivity index (χ4n) is 1.86. The molecule has 0 amide bonds. The van der Waals surface area contributed by atoms with Crippen LogP contribution in [0.4, 0.5) is 10.1 Å². The largest absolute Gasteiger partial charge is 0.461 e. The first-order valence-corrected chi connectivity index (χ1v) is 6.86. The molecule has 2 N–H and O–H groups in total. The molecule has 2 rings (SSSR count). The van der Waals surface area contributed by atoms with Gasteiger partial charge >= 0.3 is 5.97 Å². The van der Waals surface area contributed by atoms with E-state index in [1.165, 1.54) is 18.2 Å². The predicted molar refractivity (Wildman–Crippen MR) is 80.4 cm³/mol. The maximum atomic E-state index is 13.0. The van der Waals surface area contributed by atoms with Crippen molar-refractivity contribution in [2.75, 3.05) is 5.73 Å². The van der Waals surface area contributed by atoms with Crippen molar-refractivity contribution in [3.8, 4) is 0 Å². The van der Waals surface area contributed by atoms with Gasteiger partial charge in [-0.3, -0.25) is 4.79 Å². The Kier molecular flexibility index (Phi) is 5.17. The molecule has 21 heavy (non-hydrogen) atoms. The summed E-state index contributed by atoms with van der Waals surface area (Å²) in [5.74, 6) is -0.814. The van der Waals surface area contributed by atoms with Crippen molar-refractivity contribution in [2.24, 2.45) is 0 Å². The van der Waals surface area contributed by atoms with Gasteiger partial charge in [0.2, 0.25) is 0 Å². The van der Waals surface area contributed by atoms with Gasteiger partial charge in [0.15, 0.2) is 0 Å². The summed E-state index contributed by atoms with van der Waals surface area (Å²) in [7, 11) is 0. The highest BCUT2D eigenvalue weighted by molar-refractivity contribution is 6.30. The Morgan fingerprint density at radius 2 is 2.00 bits per heavy atom. The Labute approximate surface area is 127 Å². The third kappa shape index (κ3) is 4.76. The van der Waals surface area contributed by atoms with E-state index in [0.29, 0.717) is 17.7 Å². The van der Waals surface area contributed by atoms with Crippen LogP contribution in [0.25, 0.3) is 0 Å². The highest BCUT2D eigenvalue weighted by Gasteiger charge is 2.06. The maximum absolute atomic E-state index is 13.0. The van der Waals surface area contributed by atoms with Gasteiger partial charge in [-0.05, 0) is 41.8 Å². The maximum Gasteiger partial charge on any atom is 0.306 e. The Hall–Kier alpha value is -2.07. The van der Waals surface area contributed by atoms with Crippen LogP contribution in [0.2, 0.25) is 5.02 Å². The number of nitrogens with two attached hydrogens (primary N) is 1. The van der Waals surface area contributed by atoms with Crippen molar-refractivity contribution in [3.05, 3.63) is 64.4 Å². The average Bonchev–Trinajstić information content (AvgIpc) is 2.46. The molecule has 0 spiro atoms. The van der Waals surface area contributed by atoms with E-state index in [4.69, 9.17) is 22.1 Å². The van der Waals surface area contributed by atoms with Crippen LogP contribution in [0, 0.1) is 5.82 Å². The number of carbonyl (C=O) groups is 1. The molecule has 5 heteroatoms. The molecule has 0 aliphatic rings. The second-order valence-corrected chi connectivity index (χ2v) is 5.06. The molecule has 0 aromatic heterocycles. The molecule has 0 aliphatic carbocycles. The number of nitrogen functional groups attached to an aromatic ring is 1. The van der Waals surface area contributed by atoms with Crippen molar-refractivity contribution >= 4 is 23.3 Å². The molecule has 0 saturated carbocycles. The van der Waals surface area contributed by atoms with Crippen LogP contribution in [-0.2, 0) is 22.6 Å². The van der Waals surface area contributed by atoms with Gasteiger partial charge in [-0.15, -0.1) is 0 Å². The van der Waals surface area contributed by atoms with E-state index in [1.54, 1.807) is 6.07 Å². The minimum absolute atomic E-state index is 0.0170. The van der Waals surface area contributed by atoms with Crippen LogP contribution in [0.15, 0.2) is 42.5 Å². The van der Waals surface area contributed by atoms with Gasteiger partial charge in [-0.1, -0.05) is 29.8 Å². The molecule has 2 aromatic rings. The van der Waals surface area contributed by atoms with E-state index in [-0.39, 0.29) is 24.0 Å². The first kappa shape index (κ1) is 15.3. The number of aryl methyl sites for hydroxylation is 1. The number of anilines is 1. The van der Waals surface area contributed by atoms with Crippen molar-refractivity contribution < 1.29 is 13.9 Å². The summed E-state index contributed by atoms with van der Waals surface area (Å²) in [6.07, 6.45) is 0.826. The van der Waals surface area contributed by atoms with E-state index in [2.05, 4.69) is 0 Å². The molecule has 3 nitrogen and oxygen atoms in total. The highest BCUT2D eigenvalue weighted by atomic mass is 35.5. The van der Waals surface area contributed by atoms with Gasteiger partial charge in [-0.2, -0.15) is 0 Å². The lowest BCUT2D eigenvalue weighted by Gasteiger charge is -2.06. The Bertz CT molecular complexity index is 646. The van der Waals surface area contributed by atoms with E-state index >= 15 is 0 Å². The van der Waals surface area contributed by atoms with E-state index < -0.39 is 5.82 Å². The normalized spacial score (nSPS) is 10.4. The van der Waals surface area contributed by atoms with Gasteiger partial charge in [0, 0.05) is 12.1 Å². The quantitative estimate of drug-likeness (QED) is 0.676. The summed E-state index contributed by atoms with van der Waals surface area (Å²) in [4.78, 5) is 11.7. The number of benzene rings is 2. The molecule has 0 heterocycles. The van der Waals surface area contributed by atoms with Crippen LogP contribution in [-0.4, -0.2) is 5.97 Å². The average molecular weight is 308 g/mol.